The fourth-order valence-corrected chi connectivity index (χ4v) is 2.82. The molecule has 1 saturated carbocycles. The lowest BCUT2D eigenvalue weighted by atomic mass is 10.2. The highest BCUT2D eigenvalue weighted by Crippen LogP contribution is 2.30. The van der Waals surface area contributed by atoms with Gasteiger partial charge in [-0.2, -0.15) is 5.26 Å². The number of rotatable bonds is 3. The molecule has 0 heterocycles. The molecule has 1 aliphatic rings. The van der Waals surface area contributed by atoms with Crippen LogP contribution in [0.25, 0.3) is 0 Å². The maximum absolute atomic E-state index is 11.8. The third-order valence-electron chi connectivity index (χ3n) is 2.71. The summed E-state index contributed by atoms with van der Waals surface area (Å²) in [6, 6.07) is 7.93. The van der Waals surface area contributed by atoms with E-state index in [-0.39, 0.29) is 10.9 Å². The summed E-state index contributed by atoms with van der Waals surface area (Å²) in [5.74, 6) is 0.424. The fourth-order valence-electron chi connectivity index (χ4n) is 1.46. The SMILES string of the molecule is CC1CC1NS(=O)(=O)c1ccc(C#N)cc1. The highest BCUT2D eigenvalue weighted by molar-refractivity contribution is 7.89. The van der Waals surface area contributed by atoms with E-state index in [1.807, 2.05) is 13.0 Å². The number of hydrogen-bond acceptors (Lipinski definition) is 3. The third-order valence-corrected chi connectivity index (χ3v) is 4.22. The van der Waals surface area contributed by atoms with Gasteiger partial charge in [0.15, 0.2) is 0 Å². The van der Waals surface area contributed by atoms with Gasteiger partial charge in [-0.15, -0.1) is 0 Å². The van der Waals surface area contributed by atoms with Crippen LogP contribution in [0, 0.1) is 17.2 Å². The molecule has 2 unspecified atom stereocenters. The molecule has 1 aromatic carbocycles. The van der Waals surface area contributed by atoms with Gasteiger partial charge in [-0.25, -0.2) is 13.1 Å². The maximum atomic E-state index is 11.8. The Labute approximate surface area is 95.0 Å². The van der Waals surface area contributed by atoms with Crippen molar-refractivity contribution in [3.8, 4) is 6.07 Å². The molecule has 5 heteroatoms. The molecule has 0 amide bonds. The lowest BCUT2D eigenvalue weighted by Crippen LogP contribution is -2.26. The highest BCUT2D eigenvalue weighted by Gasteiger charge is 2.36. The summed E-state index contributed by atoms with van der Waals surface area (Å²) in [7, 11) is -3.41. The van der Waals surface area contributed by atoms with E-state index >= 15 is 0 Å². The van der Waals surface area contributed by atoms with Crippen LogP contribution in [0.3, 0.4) is 0 Å². The minimum Gasteiger partial charge on any atom is -0.208 e. The zero-order valence-electron chi connectivity index (χ0n) is 8.84. The van der Waals surface area contributed by atoms with Gasteiger partial charge in [0.05, 0.1) is 16.5 Å². The molecule has 4 nitrogen and oxygen atoms in total. The molecular weight excluding hydrogens is 224 g/mol. The van der Waals surface area contributed by atoms with Gasteiger partial charge < -0.3 is 0 Å². The van der Waals surface area contributed by atoms with Crippen molar-refractivity contribution >= 4 is 10.0 Å². The standard InChI is InChI=1S/C11H12N2O2S/c1-8-6-11(8)13-16(14,15)10-4-2-9(7-12)3-5-10/h2-5,8,11,13H,6H2,1H3. The second-order valence-electron chi connectivity index (χ2n) is 4.08. The molecule has 1 aliphatic carbocycles. The smallest absolute Gasteiger partial charge is 0.208 e. The molecule has 16 heavy (non-hydrogen) atoms. The van der Waals surface area contributed by atoms with Crippen molar-refractivity contribution in [1.29, 1.82) is 5.26 Å². The summed E-state index contributed by atoms with van der Waals surface area (Å²) in [5, 5.41) is 8.61. The van der Waals surface area contributed by atoms with Crippen LogP contribution in [0.5, 0.6) is 0 Å². The van der Waals surface area contributed by atoms with E-state index < -0.39 is 10.0 Å². The predicted octanol–water partition coefficient (Wildman–Crippen LogP) is 1.24. The van der Waals surface area contributed by atoms with Crippen LogP contribution in [-0.2, 0) is 10.0 Å². The van der Waals surface area contributed by atoms with Crippen LogP contribution in [0.4, 0.5) is 0 Å². The monoisotopic (exact) mass is 236 g/mol. The first-order valence-electron chi connectivity index (χ1n) is 5.05. The normalized spacial score (nSPS) is 23.8. The molecule has 0 saturated heterocycles. The summed E-state index contributed by atoms with van der Waals surface area (Å²) in [6.07, 6.45) is 0.898. The largest absolute Gasteiger partial charge is 0.240 e. The summed E-state index contributed by atoms with van der Waals surface area (Å²) in [6.45, 7) is 2.01. The number of sulfonamides is 1. The quantitative estimate of drug-likeness (QED) is 0.858. The van der Waals surface area contributed by atoms with E-state index in [2.05, 4.69) is 4.72 Å². The second kappa shape index (κ2) is 3.89. The summed E-state index contributed by atoms with van der Waals surface area (Å²) >= 11 is 0. The number of benzene rings is 1. The Morgan fingerprint density at radius 2 is 1.94 bits per heavy atom. The minimum atomic E-state index is -3.41. The number of nitrogens with zero attached hydrogens (tertiary/aromatic N) is 1. The van der Waals surface area contributed by atoms with Crippen LogP contribution < -0.4 is 4.72 Å². The Morgan fingerprint density at radius 3 is 2.38 bits per heavy atom. The lowest BCUT2D eigenvalue weighted by molar-refractivity contribution is 0.578. The van der Waals surface area contributed by atoms with Crippen LogP contribution in [0.2, 0.25) is 0 Å². The first-order valence-corrected chi connectivity index (χ1v) is 6.54. The summed E-state index contributed by atoms with van der Waals surface area (Å²) in [5.41, 5.74) is 0.457. The lowest BCUT2D eigenvalue weighted by Gasteiger charge is -2.05. The van der Waals surface area contributed by atoms with Gasteiger partial charge in [0.1, 0.15) is 0 Å². The van der Waals surface area contributed by atoms with Gasteiger partial charge in [-0.05, 0) is 36.6 Å². The average Bonchev–Trinajstić information content (AvgIpc) is 2.93. The van der Waals surface area contributed by atoms with Gasteiger partial charge >= 0.3 is 0 Å². The molecule has 1 N–H and O–H groups in total. The molecule has 1 aromatic rings. The first kappa shape index (κ1) is 11.1. The molecule has 0 spiro atoms. The third kappa shape index (κ3) is 2.23. The summed E-state index contributed by atoms with van der Waals surface area (Å²) in [4.78, 5) is 0.214. The average molecular weight is 236 g/mol. The van der Waals surface area contributed by atoms with E-state index in [9.17, 15) is 8.42 Å². The number of hydrogen-bond donors (Lipinski definition) is 1. The molecule has 84 valence electrons. The summed E-state index contributed by atoms with van der Waals surface area (Å²) < 4.78 is 26.3. The number of nitrogens with one attached hydrogen (secondary N) is 1. The zero-order valence-corrected chi connectivity index (χ0v) is 9.66. The van der Waals surface area contributed by atoms with Crippen molar-refractivity contribution in [1.82, 2.24) is 4.72 Å². The van der Waals surface area contributed by atoms with Crippen LogP contribution in [0.15, 0.2) is 29.2 Å². The first-order chi connectivity index (χ1) is 7.53. The molecule has 0 bridgehead atoms. The molecule has 0 aliphatic heterocycles. The molecule has 1 fully saturated rings. The molecule has 2 atom stereocenters. The van der Waals surface area contributed by atoms with Crippen molar-refractivity contribution in [2.24, 2.45) is 5.92 Å². The maximum Gasteiger partial charge on any atom is 0.240 e. The van der Waals surface area contributed by atoms with Crippen LogP contribution >= 0.6 is 0 Å². The van der Waals surface area contributed by atoms with Gasteiger partial charge in [0.25, 0.3) is 0 Å². The van der Waals surface area contributed by atoms with E-state index in [0.717, 1.165) is 6.42 Å². The highest BCUT2D eigenvalue weighted by atomic mass is 32.2. The van der Waals surface area contributed by atoms with Gasteiger partial charge in [0.2, 0.25) is 10.0 Å². The Kier molecular flexibility index (Phi) is 2.70. The molecule has 2 rings (SSSR count). The van der Waals surface area contributed by atoms with Crippen LogP contribution in [-0.4, -0.2) is 14.5 Å². The van der Waals surface area contributed by atoms with E-state index in [1.165, 1.54) is 24.3 Å². The Balaban J connectivity index is 2.19. The fraction of sp³-hybridized carbons (Fsp3) is 0.364. The Hall–Kier alpha value is -1.38. The van der Waals surface area contributed by atoms with Crippen molar-refractivity contribution < 1.29 is 8.42 Å². The Morgan fingerprint density at radius 1 is 1.38 bits per heavy atom. The predicted molar refractivity (Wildman–Crippen MR) is 59.0 cm³/mol. The van der Waals surface area contributed by atoms with Gasteiger partial charge in [-0.3, -0.25) is 0 Å². The topological polar surface area (TPSA) is 70.0 Å². The Bertz CT molecular complexity index is 528. The zero-order chi connectivity index (χ0) is 11.8. The van der Waals surface area contributed by atoms with Gasteiger partial charge in [0, 0.05) is 6.04 Å². The molecule has 0 aromatic heterocycles. The van der Waals surface area contributed by atoms with Gasteiger partial charge in [-0.1, -0.05) is 6.92 Å². The van der Waals surface area contributed by atoms with Crippen molar-refractivity contribution in [3.63, 3.8) is 0 Å². The van der Waals surface area contributed by atoms with Crippen molar-refractivity contribution in [2.45, 2.75) is 24.3 Å². The minimum absolute atomic E-state index is 0.0700. The van der Waals surface area contributed by atoms with E-state index in [4.69, 9.17) is 5.26 Å². The van der Waals surface area contributed by atoms with E-state index in [1.54, 1.807) is 0 Å². The van der Waals surface area contributed by atoms with E-state index in [0.29, 0.717) is 11.5 Å². The molecule has 0 radical (unpaired) electrons. The second-order valence-corrected chi connectivity index (χ2v) is 5.79. The van der Waals surface area contributed by atoms with Crippen LogP contribution in [0.1, 0.15) is 18.9 Å². The number of nitriles is 1. The van der Waals surface area contributed by atoms with Crippen molar-refractivity contribution in [2.75, 3.05) is 0 Å². The van der Waals surface area contributed by atoms with Crippen molar-refractivity contribution in [3.05, 3.63) is 29.8 Å². The molecular formula is C11H12N2O2S.